The van der Waals surface area contributed by atoms with Crippen molar-refractivity contribution in [1.29, 1.82) is 0 Å². The number of rotatable bonds is 1. The van der Waals surface area contributed by atoms with Gasteiger partial charge in [-0.2, -0.15) is 0 Å². The van der Waals surface area contributed by atoms with Crippen LogP contribution in [-0.2, 0) is 22.4 Å². The smallest absolute Gasteiger partial charge is 0.409 e. The van der Waals surface area contributed by atoms with Crippen LogP contribution >= 0.6 is 0 Å². The van der Waals surface area contributed by atoms with E-state index in [2.05, 4.69) is 5.32 Å². The molecule has 2 amide bonds. The average Bonchev–Trinajstić information content (AvgIpc) is 2.46. The van der Waals surface area contributed by atoms with E-state index in [1.165, 1.54) is 4.90 Å². The molecule has 0 fully saturated rings. The van der Waals surface area contributed by atoms with Gasteiger partial charge in [-0.15, -0.1) is 0 Å². The predicted octanol–water partition coefficient (Wildman–Crippen LogP) is 1.57. The van der Waals surface area contributed by atoms with Gasteiger partial charge in [-0.3, -0.25) is 4.79 Å². The van der Waals surface area contributed by atoms with Crippen molar-refractivity contribution in [2.45, 2.75) is 25.4 Å². The van der Waals surface area contributed by atoms with E-state index in [-0.39, 0.29) is 18.1 Å². The number of anilines is 1. The molecule has 2 heterocycles. The van der Waals surface area contributed by atoms with Crippen LogP contribution in [0.25, 0.3) is 0 Å². The van der Waals surface area contributed by atoms with Gasteiger partial charge < -0.3 is 19.7 Å². The molecule has 1 N–H and O–H groups in total. The summed E-state index contributed by atoms with van der Waals surface area (Å²) in [5.74, 6) is 0.858. The third-order valence-corrected chi connectivity index (χ3v) is 3.75. The number of nitrogens with one attached hydrogen (secondary N) is 1. The number of carbonyl (C=O) groups is 2. The van der Waals surface area contributed by atoms with Gasteiger partial charge in [-0.1, -0.05) is 0 Å². The number of hydrogen-bond donors (Lipinski definition) is 1. The molecule has 6 nitrogen and oxygen atoms in total. The quantitative estimate of drug-likeness (QED) is 0.852. The highest BCUT2D eigenvalue weighted by Gasteiger charge is 2.28. The fraction of sp³-hybridized carbons (Fsp3) is 0.467. The zero-order valence-corrected chi connectivity index (χ0v) is 12.1. The summed E-state index contributed by atoms with van der Waals surface area (Å²) < 4.78 is 11.1. The first-order valence-corrected chi connectivity index (χ1v) is 7.00. The van der Waals surface area contributed by atoms with Crippen molar-refractivity contribution < 1.29 is 19.1 Å². The number of ether oxygens (including phenoxy) is 2. The molecule has 1 aromatic carbocycles. The standard InChI is InChI=1S/C15H18N2O4/c1-17(2)15(19)21-9-7-11-10-3-6-14(18)16-12(10)4-5-13(11)20-8-9/h4-5,9H,3,6-8H2,1-2H3,(H,16,18). The molecular formula is C15H18N2O4. The maximum Gasteiger partial charge on any atom is 0.409 e. The molecule has 0 aliphatic carbocycles. The molecule has 1 atom stereocenters. The van der Waals surface area contributed by atoms with Crippen molar-refractivity contribution >= 4 is 17.7 Å². The monoisotopic (exact) mass is 290 g/mol. The summed E-state index contributed by atoms with van der Waals surface area (Å²) in [7, 11) is 3.30. The lowest BCUT2D eigenvalue weighted by Crippen LogP contribution is -2.36. The van der Waals surface area contributed by atoms with E-state index in [1.54, 1.807) is 14.1 Å². The van der Waals surface area contributed by atoms with Crippen molar-refractivity contribution in [2.24, 2.45) is 0 Å². The highest BCUT2D eigenvalue weighted by Crippen LogP contribution is 2.36. The van der Waals surface area contributed by atoms with Crippen LogP contribution in [0.5, 0.6) is 5.75 Å². The van der Waals surface area contributed by atoms with E-state index in [1.807, 2.05) is 12.1 Å². The summed E-state index contributed by atoms with van der Waals surface area (Å²) in [6.45, 7) is 0.359. The van der Waals surface area contributed by atoms with Gasteiger partial charge in [0.1, 0.15) is 18.5 Å². The Labute approximate surface area is 123 Å². The SMILES string of the molecule is CN(C)C(=O)OC1COc2ccc3c(c2C1)CCC(=O)N3. The number of carbonyl (C=O) groups excluding carboxylic acids is 2. The lowest BCUT2D eigenvalue weighted by atomic mass is 9.92. The van der Waals surface area contributed by atoms with Crippen molar-refractivity contribution in [3.63, 3.8) is 0 Å². The topological polar surface area (TPSA) is 67.9 Å². The fourth-order valence-corrected chi connectivity index (χ4v) is 2.68. The Morgan fingerprint density at radius 1 is 1.33 bits per heavy atom. The number of benzene rings is 1. The van der Waals surface area contributed by atoms with Crippen LogP contribution in [0.1, 0.15) is 17.5 Å². The van der Waals surface area contributed by atoms with Gasteiger partial charge in [0.05, 0.1) is 0 Å². The second kappa shape index (κ2) is 5.27. The molecule has 2 aliphatic heterocycles. The van der Waals surface area contributed by atoms with Gasteiger partial charge >= 0.3 is 6.09 Å². The second-order valence-corrected chi connectivity index (χ2v) is 5.53. The lowest BCUT2D eigenvalue weighted by Gasteiger charge is -2.30. The molecule has 0 saturated carbocycles. The molecule has 1 unspecified atom stereocenters. The van der Waals surface area contributed by atoms with E-state index in [4.69, 9.17) is 9.47 Å². The normalized spacial score (nSPS) is 19.7. The van der Waals surface area contributed by atoms with Crippen LogP contribution in [0.2, 0.25) is 0 Å². The molecule has 0 radical (unpaired) electrons. The maximum atomic E-state index is 11.6. The third kappa shape index (κ3) is 2.66. The zero-order chi connectivity index (χ0) is 15.0. The maximum absolute atomic E-state index is 11.6. The first-order chi connectivity index (χ1) is 10.0. The molecular weight excluding hydrogens is 272 g/mol. The second-order valence-electron chi connectivity index (χ2n) is 5.53. The molecule has 0 spiro atoms. The summed E-state index contributed by atoms with van der Waals surface area (Å²) in [6.07, 6.45) is 1.13. The summed E-state index contributed by atoms with van der Waals surface area (Å²) in [4.78, 5) is 24.5. The van der Waals surface area contributed by atoms with Crippen LogP contribution in [-0.4, -0.2) is 43.7 Å². The van der Waals surface area contributed by atoms with Crippen molar-refractivity contribution in [1.82, 2.24) is 4.90 Å². The van der Waals surface area contributed by atoms with Gasteiger partial charge in [0.25, 0.3) is 0 Å². The first kappa shape index (κ1) is 13.7. The van der Waals surface area contributed by atoms with Gasteiger partial charge in [0.2, 0.25) is 5.91 Å². The molecule has 0 bridgehead atoms. The van der Waals surface area contributed by atoms with Crippen LogP contribution < -0.4 is 10.1 Å². The minimum Gasteiger partial charge on any atom is -0.489 e. The van der Waals surface area contributed by atoms with Crippen molar-refractivity contribution in [3.05, 3.63) is 23.3 Å². The summed E-state index contributed by atoms with van der Waals surface area (Å²) in [6, 6.07) is 3.74. The summed E-state index contributed by atoms with van der Waals surface area (Å²) in [5.41, 5.74) is 2.97. The third-order valence-electron chi connectivity index (χ3n) is 3.75. The van der Waals surface area contributed by atoms with E-state index < -0.39 is 0 Å². The van der Waals surface area contributed by atoms with Crippen LogP contribution in [0.3, 0.4) is 0 Å². The minimum absolute atomic E-state index is 0.0368. The average molecular weight is 290 g/mol. The van der Waals surface area contributed by atoms with Gasteiger partial charge in [0, 0.05) is 38.2 Å². The van der Waals surface area contributed by atoms with E-state index in [0.717, 1.165) is 22.6 Å². The fourth-order valence-electron chi connectivity index (χ4n) is 2.68. The van der Waals surface area contributed by atoms with Gasteiger partial charge in [-0.25, -0.2) is 4.79 Å². The van der Waals surface area contributed by atoms with Crippen molar-refractivity contribution in [2.75, 3.05) is 26.0 Å². The van der Waals surface area contributed by atoms with Crippen LogP contribution in [0.4, 0.5) is 10.5 Å². The number of nitrogens with zero attached hydrogens (tertiary/aromatic N) is 1. The Kier molecular flexibility index (Phi) is 3.45. The molecule has 0 aromatic heterocycles. The van der Waals surface area contributed by atoms with Gasteiger partial charge in [-0.05, 0) is 24.1 Å². The van der Waals surface area contributed by atoms with Gasteiger partial charge in [0.15, 0.2) is 0 Å². The van der Waals surface area contributed by atoms with Crippen LogP contribution in [0.15, 0.2) is 12.1 Å². The molecule has 1 aromatic rings. The number of fused-ring (bicyclic) bond motifs is 3. The minimum atomic E-state index is -0.370. The molecule has 2 aliphatic rings. The Bertz CT molecular complexity index is 598. The van der Waals surface area contributed by atoms with Crippen LogP contribution in [0, 0.1) is 0 Å². The summed E-state index contributed by atoms with van der Waals surface area (Å²) in [5, 5.41) is 2.87. The number of hydrogen-bond acceptors (Lipinski definition) is 4. The van der Waals surface area contributed by atoms with E-state index in [0.29, 0.717) is 25.9 Å². The van der Waals surface area contributed by atoms with Crippen molar-refractivity contribution in [3.8, 4) is 5.75 Å². The lowest BCUT2D eigenvalue weighted by molar-refractivity contribution is -0.116. The Balaban J connectivity index is 1.83. The molecule has 0 saturated heterocycles. The molecule has 21 heavy (non-hydrogen) atoms. The molecule has 6 heteroatoms. The zero-order valence-electron chi connectivity index (χ0n) is 12.1. The summed E-state index contributed by atoms with van der Waals surface area (Å²) >= 11 is 0. The Hall–Kier alpha value is -2.24. The molecule has 112 valence electrons. The Morgan fingerprint density at radius 3 is 2.90 bits per heavy atom. The highest BCUT2D eigenvalue weighted by molar-refractivity contribution is 5.94. The van der Waals surface area contributed by atoms with E-state index in [9.17, 15) is 9.59 Å². The highest BCUT2D eigenvalue weighted by atomic mass is 16.6. The van der Waals surface area contributed by atoms with E-state index >= 15 is 0 Å². The molecule has 3 rings (SSSR count). The Morgan fingerprint density at radius 2 is 2.14 bits per heavy atom. The largest absolute Gasteiger partial charge is 0.489 e. The first-order valence-electron chi connectivity index (χ1n) is 7.00. The number of amides is 2. The predicted molar refractivity (Wildman–Crippen MR) is 76.5 cm³/mol.